The Hall–Kier alpha value is -2.68. The Morgan fingerprint density at radius 1 is 1.09 bits per heavy atom. The second-order valence-corrected chi connectivity index (χ2v) is 9.11. The predicted octanol–water partition coefficient (Wildman–Crippen LogP) is 2.20. The number of carbonyl (C=O) groups is 3. The van der Waals surface area contributed by atoms with Gasteiger partial charge >= 0.3 is 5.97 Å². The molecule has 1 aromatic rings. The molecule has 3 N–H and O–H groups in total. The first-order chi connectivity index (χ1) is 15.4. The zero-order valence-corrected chi connectivity index (χ0v) is 18.2. The van der Waals surface area contributed by atoms with Crippen molar-refractivity contribution in [3.05, 3.63) is 24.0 Å². The van der Waals surface area contributed by atoms with E-state index in [1.54, 1.807) is 12.1 Å². The molecule has 174 valence electrons. The second kappa shape index (κ2) is 9.85. The van der Waals surface area contributed by atoms with Gasteiger partial charge in [0.1, 0.15) is 11.9 Å². The number of anilines is 2. The summed E-state index contributed by atoms with van der Waals surface area (Å²) >= 11 is 0. The highest BCUT2D eigenvalue weighted by Gasteiger charge is 2.30. The number of rotatable bonds is 6. The van der Waals surface area contributed by atoms with Gasteiger partial charge in [-0.25, -0.2) is 4.39 Å². The van der Waals surface area contributed by atoms with Crippen molar-refractivity contribution < 1.29 is 23.9 Å². The summed E-state index contributed by atoms with van der Waals surface area (Å²) in [6.07, 6.45) is 4.94. The number of amides is 2. The molecule has 8 nitrogen and oxygen atoms in total. The number of carbonyl (C=O) groups excluding carboxylic acids is 2. The molecule has 0 bridgehead atoms. The maximum Gasteiger partial charge on any atom is 0.303 e. The number of piperazine rings is 1. The van der Waals surface area contributed by atoms with E-state index in [0.717, 1.165) is 51.9 Å². The van der Waals surface area contributed by atoms with E-state index in [1.807, 2.05) is 0 Å². The van der Waals surface area contributed by atoms with Gasteiger partial charge in [-0.1, -0.05) is 0 Å². The van der Waals surface area contributed by atoms with Gasteiger partial charge in [-0.3, -0.25) is 24.6 Å². The van der Waals surface area contributed by atoms with Crippen molar-refractivity contribution in [3.8, 4) is 0 Å². The highest BCUT2D eigenvalue weighted by molar-refractivity contribution is 6.01. The minimum Gasteiger partial charge on any atom is -0.481 e. The van der Waals surface area contributed by atoms with Crippen molar-refractivity contribution >= 4 is 29.2 Å². The Balaban J connectivity index is 1.28. The van der Waals surface area contributed by atoms with Gasteiger partial charge in [0, 0.05) is 50.7 Å². The number of nitrogens with one attached hydrogen (secondary N) is 2. The molecule has 1 aliphatic carbocycles. The van der Waals surface area contributed by atoms with E-state index in [0.29, 0.717) is 29.8 Å². The lowest BCUT2D eigenvalue weighted by atomic mass is 9.83. The van der Waals surface area contributed by atoms with Crippen LogP contribution in [0, 0.1) is 11.7 Å². The standard InChI is InChI=1S/C23H31FN4O4/c24-18-14-16(25-19-6-8-21(29)26-23(19)32)3-7-20(18)28-11-9-27(10-12-28)17-4-1-15(2-5-17)13-22(30)31/h3,7,14-15,17,19,25H,1-2,4-6,8-13H2,(H,30,31)(H,26,29,32). The zero-order chi connectivity index (χ0) is 22.7. The van der Waals surface area contributed by atoms with E-state index in [9.17, 15) is 18.8 Å². The van der Waals surface area contributed by atoms with E-state index in [2.05, 4.69) is 20.4 Å². The number of imide groups is 1. The Morgan fingerprint density at radius 3 is 2.44 bits per heavy atom. The minimum atomic E-state index is -0.706. The average molecular weight is 447 g/mol. The lowest BCUT2D eigenvalue weighted by Crippen LogP contribution is -2.51. The molecule has 4 rings (SSSR count). The Morgan fingerprint density at radius 2 is 1.81 bits per heavy atom. The monoisotopic (exact) mass is 446 g/mol. The van der Waals surface area contributed by atoms with E-state index >= 15 is 0 Å². The Kier molecular flexibility index (Phi) is 6.93. The van der Waals surface area contributed by atoms with Gasteiger partial charge < -0.3 is 15.3 Å². The number of benzene rings is 1. The third-order valence-electron chi connectivity index (χ3n) is 6.98. The maximum absolute atomic E-state index is 14.8. The first-order valence-corrected chi connectivity index (χ1v) is 11.5. The van der Waals surface area contributed by atoms with Crippen molar-refractivity contribution in [1.29, 1.82) is 0 Å². The fourth-order valence-corrected chi connectivity index (χ4v) is 5.17. The minimum absolute atomic E-state index is 0.272. The number of carboxylic acids is 1. The molecule has 3 aliphatic rings. The molecule has 2 amide bonds. The van der Waals surface area contributed by atoms with E-state index in [-0.39, 0.29) is 30.5 Å². The lowest BCUT2D eigenvalue weighted by molar-refractivity contribution is -0.138. The van der Waals surface area contributed by atoms with Gasteiger partial charge in [0.2, 0.25) is 11.8 Å². The van der Waals surface area contributed by atoms with Crippen LogP contribution in [-0.2, 0) is 14.4 Å². The molecular formula is C23H31FN4O4. The summed E-state index contributed by atoms with van der Waals surface area (Å²) in [7, 11) is 0. The lowest BCUT2D eigenvalue weighted by Gasteiger charge is -2.42. The molecule has 1 atom stereocenters. The second-order valence-electron chi connectivity index (χ2n) is 9.11. The largest absolute Gasteiger partial charge is 0.481 e. The summed E-state index contributed by atoms with van der Waals surface area (Å²) in [6.45, 7) is 3.21. The molecule has 2 saturated heterocycles. The zero-order valence-electron chi connectivity index (χ0n) is 18.2. The van der Waals surface area contributed by atoms with Gasteiger partial charge in [0.25, 0.3) is 0 Å². The molecule has 3 fully saturated rings. The van der Waals surface area contributed by atoms with Crippen molar-refractivity contribution in [3.63, 3.8) is 0 Å². The van der Waals surface area contributed by atoms with Gasteiger partial charge in [-0.15, -0.1) is 0 Å². The van der Waals surface area contributed by atoms with Crippen molar-refractivity contribution in [2.24, 2.45) is 5.92 Å². The van der Waals surface area contributed by atoms with Crippen LogP contribution in [0.4, 0.5) is 15.8 Å². The number of hydrogen-bond donors (Lipinski definition) is 3. The van der Waals surface area contributed by atoms with Crippen molar-refractivity contribution in [2.45, 2.75) is 57.0 Å². The van der Waals surface area contributed by atoms with E-state index < -0.39 is 12.0 Å². The summed E-state index contributed by atoms with van der Waals surface area (Å²) < 4.78 is 14.8. The first-order valence-electron chi connectivity index (χ1n) is 11.5. The maximum atomic E-state index is 14.8. The summed E-state index contributed by atoms with van der Waals surface area (Å²) in [5.74, 6) is -1.39. The number of aliphatic carboxylic acids is 1. The van der Waals surface area contributed by atoms with Crippen LogP contribution in [0.25, 0.3) is 0 Å². The van der Waals surface area contributed by atoms with E-state index in [4.69, 9.17) is 5.11 Å². The molecule has 2 heterocycles. The SMILES string of the molecule is O=C(O)CC1CCC(N2CCN(c3ccc(NC4CCC(=O)NC4=O)cc3F)CC2)CC1. The molecule has 0 aromatic heterocycles. The summed E-state index contributed by atoms with van der Waals surface area (Å²) in [4.78, 5) is 38.6. The van der Waals surface area contributed by atoms with Gasteiger partial charge in [0.05, 0.1) is 5.69 Å². The van der Waals surface area contributed by atoms with Gasteiger partial charge in [0.15, 0.2) is 0 Å². The molecule has 1 aromatic carbocycles. The topological polar surface area (TPSA) is 102 Å². The summed E-state index contributed by atoms with van der Waals surface area (Å²) in [5.41, 5.74) is 1.08. The van der Waals surface area contributed by atoms with Gasteiger partial charge in [-0.05, 0) is 56.2 Å². The van der Waals surface area contributed by atoms with Crippen molar-refractivity contribution in [1.82, 2.24) is 10.2 Å². The van der Waals surface area contributed by atoms with Crippen LogP contribution in [0.15, 0.2) is 18.2 Å². The number of hydrogen-bond acceptors (Lipinski definition) is 6. The summed E-state index contributed by atoms with van der Waals surface area (Å²) in [5, 5.41) is 14.3. The van der Waals surface area contributed by atoms with Crippen LogP contribution < -0.4 is 15.5 Å². The Labute approximate surface area is 187 Å². The molecule has 1 saturated carbocycles. The smallest absolute Gasteiger partial charge is 0.303 e. The highest BCUT2D eigenvalue weighted by Crippen LogP contribution is 2.31. The highest BCUT2D eigenvalue weighted by atomic mass is 19.1. The molecule has 0 radical (unpaired) electrons. The van der Waals surface area contributed by atoms with Crippen LogP contribution in [0.2, 0.25) is 0 Å². The molecule has 0 spiro atoms. The number of piperidine rings is 1. The molecule has 1 unspecified atom stereocenters. The van der Waals surface area contributed by atoms with Gasteiger partial charge in [-0.2, -0.15) is 0 Å². The summed E-state index contributed by atoms with van der Waals surface area (Å²) in [6, 6.07) is 4.89. The molecule has 2 aliphatic heterocycles. The normalized spacial score (nSPS) is 27.2. The quantitative estimate of drug-likeness (QED) is 0.576. The van der Waals surface area contributed by atoms with Crippen LogP contribution >= 0.6 is 0 Å². The Bertz CT molecular complexity index is 864. The van der Waals surface area contributed by atoms with Crippen LogP contribution in [0.5, 0.6) is 0 Å². The fourth-order valence-electron chi connectivity index (χ4n) is 5.17. The predicted molar refractivity (Wildman–Crippen MR) is 118 cm³/mol. The number of nitrogens with zero attached hydrogens (tertiary/aromatic N) is 2. The third-order valence-corrected chi connectivity index (χ3v) is 6.98. The first kappa shape index (κ1) is 22.5. The molecular weight excluding hydrogens is 415 g/mol. The van der Waals surface area contributed by atoms with Crippen LogP contribution in [0.3, 0.4) is 0 Å². The third kappa shape index (κ3) is 5.38. The average Bonchev–Trinajstić information content (AvgIpc) is 2.76. The van der Waals surface area contributed by atoms with Crippen LogP contribution in [-0.4, -0.2) is 66.1 Å². The number of carboxylic acid groups (broad SMARTS) is 1. The number of halogens is 1. The fraction of sp³-hybridized carbons (Fsp3) is 0.609. The van der Waals surface area contributed by atoms with Crippen LogP contribution in [0.1, 0.15) is 44.9 Å². The van der Waals surface area contributed by atoms with Crippen molar-refractivity contribution in [2.75, 3.05) is 36.4 Å². The van der Waals surface area contributed by atoms with E-state index in [1.165, 1.54) is 6.07 Å². The molecule has 32 heavy (non-hydrogen) atoms. The molecule has 9 heteroatoms.